The molecule has 0 aromatic heterocycles. The van der Waals surface area contributed by atoms with Crippen LogP contribution in [0.3, 0.4) is 0 Å². The highest BCUT2D eigenvalue weighted by atomic mass is 16.3. The zero-order chi connectivity index (χ0) is 18.6. The molecule has 4 aliphatic rings. The van der Waals surface area contributed by atoms with E-state index in [9.17, 15) is 5.11 Å². The van der Waals surface area contributed by atoms with E-state index in [1.165, 1.54) is 62.5 Å². The van der Waals surface area contributed by atoms with Crippen LogP contribution in [0.15, 0.2) is 35.9 Å². The van der Waals surface area contributed by atoms with Crippen molar-refractivity contribution in [2.45, 2.75) is 77.7 Å². The van der Waals surface area contributed by atoms with Crippen LogP contribution >= 0.6 is 0 Å². The van der Waals surface area contributed by atoms with Gasteiger partial charge < -0.3 is 5.11 Å². The van der Waals surface area contributed by atoms with Crippen LogP contribution in [-0.2, 0) is 0 Å². The van der Waals surface area contributed by atoms with Gasteiger partial charge in [-0.05, 0) is 85.2 Å². The molecule has 0 amide bonds. The summed E-state index contributed by atoms with van der Waals surface area (Å²) < 4.78 is 0. The summed E-state index contributed by atoms with van der Waals surface area (Å²) in [6.07, 6.45) is 14.4. The van der Waals surface area contributed by atoms with E-state index < -0.39 is 0 Å². The van der Waals surface area contributed by atoms with Crippen molar-refractivity contribution in [3.63, 3.8) is 0 Å². The van der Waals surface area contributed by atoms with Crippen molar-refractivity contribution in [2.24, 2.45) is 34.5 Å². The Morgan fingerprint density at radius 1 is 0.889 bits per heavy atom. The second-order valence-corrected chi connectivity index (χ2v) is 10.7. The van der Waals surface area contributed by atoms with E-state index in [4.69, 9.17) is 0 Å². The van der Waals surface area contributed by atoms with Crippen molar-refractivity contribution < 1.29 is 5.11 Å². The molecule has 146 valence electrons. The van der Waals surface area contributed by atoms with Gasteiger partial charge in [0.05, 0.1) is 6.10 Å². The van der Waals surface area contributed by atoms with Crippen LogP contribution in [0, 0.1) is 34.5 Å². The molecule has 7 atom stereocenters. The molecule has 4 aliphatic carbocycles. The third-order valence-corrected chi connectivity index (χ3v) is 9.60. The molecule has 27 heavy (non-hydrogen) atoms. The molecule has 0 radical (unpaired) electrons. The molecule has 0 bridgehead atoms. The van der Waals surface area contributed by atoms with Crippen molar-refractivity contribution in [3.8, 4) is 0 Å². The average molecular weight is 365 g/mol. The second kappa shape index (κ2) is 6.48. The molecule has 0 spiro atoms. The molecule has 1 N–H and O–H groups in total. The Balaban J connectivity index is 1.46. The molecule has 1 aromatic rings. The zero-order valence-corrected chi connectivity index (χ0v) is 17.2. The Bertz CT molecular complexity index is 721. The maximum Gasteiger partial charge on any atom is 0.0809 e. The smallest absolute Gasteiger partial charge is 0.0809 e. The van der Waals surface area contributed by atoms with E-state index >= 15 is 0 Å². The minimum absolute atomic E-state index is 0.0969. The second-order valence-electron chi connectivity index (χ2n) is 10.7. The fourth-order valence-electron chi connectivity index (χ4n) is 8.06. The third-order valence-electron chi connectivity index (χ3n) is 9.60. The van der Waals surface area contributed by atoms with Gasteiger partial charge >= 0.3 is 0 Å². The summed E-state index contributed by atoms with van der Waals surface area (Å²) in [5, 5.41) is 11.3. The first-order valence-electron chi connectivity index (χ1n) is 11.5. The standard InChI is InChI=1S/C26H36O/c1-25-14-7-6-10-20(25)11-12-21-22(25)13-15-26(2)23(21)17-19(24(26)27)16-18-8-4-3-5-9-18/h3-5,8-9,16,20-24,27H,6-7,10-15,17H2,1-2H3/b19-16+/t20?,21?,22?,23?,24?,25-,26-/m0/s1. The van der Waals surface area contributed by atoms with Crippen molar-refractivity contribution in [1.29, 1.82) is 0 Å². The first-order chi connectivity index (χ1) is 13.0. The fourth-order valence-corrected chi connectivity index (χ4v) is 8.06. The molecule has 5 rings (SSSR count). The maximum atomic E-state index is 11.3. The van der Waals surface area contributed by atoms with Crippen LogP contribution in [0.4, 0.5) is 0 Å². The van der Waals surface area contributed by atoms with Gasteiger partial charge in [-0.3, -0.25) is 0 Å². The van der Waals surface area contributed by atoms with Gasteiger partial charge in [0, 0.05) is 5.41 Å². The number of hydrogen-bond acceptors (Lipinski definition) is 1. The lowest BCUT2D eigenvalue weighted by molar-refractivity contribution is -0.119. The Kier molecular flexibility index (Phi) is 4.31. The van der Waals surface area contributed by atoms with E-state index in [1.54, 1.807) is 0 Å². The largest absolute Gasteiger partial charge is 0.388 e. The third kappa shape index (κ3) is 2.68. The first-order valence-corrected chi connectivity index (χ1v) is 11.5. The molecule has 1 aromatic carbocycles. The van der Waals surface area contributed by atoms with Crippen LogP contribution in [0.25, 0.3) is 6.08 Å². The summed E-state index contributed by atoms with van der Waals surface area (Å²) in [6.45, 7) is 5.04. The Labute approximate surface area is 165 Å². The number of rotatable bonds is 1. The highest BCUT2D eigenvalue weighted by Crippen LogP contribution is 2.67. The van der Waals surface area contributed by atoms with Crippen molar-refractivity contribution in [1.82, 2.24) is 0 Å². The monoisotopic (exact) mass is 364 g/mol. The van der Waals surface area contributed by atoms with Crippen molar-refractivity contribution in [3.05, 3.63) is 41.5 Å². The van der Waals surface area contributed by atoms with Crippen LogP contribution in [0.2, 0.25) is 0 Å². The Morgan fingerprint density at radius 2 is 1.70 bits per heavy atom. The minimum atomic E-state index is -0.249. The number of hydrogen-bond donors (Lipinski definition) is 1. The van der Waals surface area contributed by atoms with E-state index in [1.807, 2.05) is 0 Å². The van der Waals surface area contributed by atoms with E-state index in [0.29, 0.717) is 11.3 Å². The first kappa shape index (κ1) is 18.0. The predicted molar refractivity (Wildman–Crippen MR) is 112 cm³/mol. The van der Waals surface area contributed by atoms with Gasteiger partial charge in [0.25, 0.3) is 0 Å². The SMILES string of the molecule is C[C@]12CCCCC1CCC1C2CC[C@]2(C)C(O)/C(=C/c3ccccc3)CC12. The van der Waals surface area contributed by atoms with Gasteiger partial charge in [0.2, 0.25) is 0 Å². The topological polar surface area (TPSA) is 20.2 Å². The van der Waals surface area contributed by atoms with Crippen LogP contribution < -0.4 is 0 Å². The Morgan fingerprint density at radius 3 is 2.52 bits per heavy atom. The summed E-state index contributed by atoms with van der Waals surface area (Å²) in [6, 6.07) is 10.6. The van der Waals surface area contributed by atoms with Crippen molar-refractivity contribution in [2.75, 3.05) is 0 Å². The summed E-state index contributed by atoms with van der Waals surface area (Å²) in [7, 11) is 0. The summed E-state index contributed by atoms with van der Waals surface area (Å²) >= 11 is 0. The predicted octanol–water partition coefficient (Wildman–Crippen LogP) is 6.47. The normalized spacial score (nSPS) is 48.0. The molecule has 1 heteroatoms. The van der Waals surface area contributed by atoms with Gasteiger partial charge in [0.1, 0.15) is 0 Å². The number of aliphatic hydroxyl groups excluding tert-OH is 1. The summed E-state index contributed by atoms with van der Waals surface area (Å²) in [5.41, 5.74) is 3.22. The Hall–Kier alpha value is -1.08. The minimum Gasteiger partial charge on any atom is -0.388 e. The number of benzene rings is 1. The molecule has 5 unspecified atom stereocenters. The van der Waals surface area contributed by atoms with E-state index in [-0.39, 0.29) is 11.5 Å². The lowest BCUT2D eigenvalue weighted by atomic mass is 9.45. The summed E-state index contributed by atoms with van der Waals surface area (Å²) in [5.74, 6) is 3.39. The van der Waals surface area contributed by atoms with Gasteiger partial charge in [-0.15, -0.1) is 0 Å². The molecule has 0 heterocycles. The average Bonchev–Trinajstić information content (AvgIpc) is 2.93. The molecule has 4 saturated carbocycles. The number of aliphatic hydroxyl groups is 1. The fraction of sp³-hybridized carbons (Fsp3) is 0.692. The quantitative estimate of drug-likeness (QED) is 0.605. The van der Waals surface area contributed by atoms with Gasteiger partial charge in [0.15, 0.2) is 0 Å². The zero-order valence-electron chi connectivity index (χ0n) is 17.2. The van der Waals surface area contributed by atoms with Crippen LogP contribution in [-0.4, -0.2) is 11.2 Å². The molecular formula is C26H36O. The molecule has 1 nitrogen and oxygen atoms in total. The van der Waals surface area contributed by atoms with Gasteiger partial charge in [-0.1, -0.05) is 63.1 Å². The number of fused-ring (bicyclic) bond motifs is 5. The molecule has 4 fully saturated rings. The lowest BCUT2D eigenvalue weighted by Crippen LogP contribution is -2.53. The summed E-state index contributed by atoms with van der Waals surface area (Å²) in [4.78, 5) is 0. The van der Waals surface area contributed by atoms with E-state index in [0.717, 1.165) is 24.2 Å². The lowest BCUT2D eigenvalue weighted by Gasteiger charge is -2.60. The van der Waals surface area contributed by atoms with Crippen LogP contribution in [0.1, 0.15) is 77.2 Å². The highest BCUT2D eigenvalue weighted by Gasteiger charge is 2.60. The van der Waals surface area contributed by atoms with Gasteiger partial charge in [-0.2, -0.15) is 0 Å². The van der Waals surface area contributed by atoms with Crippen molar-refractivity contribution >= 4 is 6.08 Å². The van der Waals surface area contributed by atoms with E-state index in [2.05, 4.69) is 50.3 Å². The molecule has 0 saturated heterocycles. The molecular weight excluding hydrogens is 328 g/mol. The maximum absolute atomic E-state index is 11.3. The van der Waals surface area contributed by atoms with Gasteiger partial charge in [-0.25, -0.2) is 0 Å². The highest BCUT2D eigenvalue weighted by molar-refractivity contribution is 5.55. The molecule has 0 aliphatic heterocycles. The van der Waals surface area contributed by atoms with Crippen LogP contribution in [0.5, 0.6) is 0 Å².